The van der Waals surface area contributed by atoms with Crippen molar-refractivity contribution in [2.24, 2.45) is 5.92 Å². The molecule has 5 nitrogen and oxygen atoms in total. The maximum Gasteiger partial charge on any atom is 0.320 e. The van der Waals surface area contributed by atoms with Crippen molar-refractivity contribution in [3.05, 3.63) is 21.9 Å². The van der Waals surface area contributed by atoms with E-state index in [1.54, 1.807) is 23.2 Å². The minimum absolute atomic E-state index is 0.0579. The number of thiophene rings is 1. The van der Waals surface area contributed by atoms with Crippen molar-refractivity contribution in [3.8, 4) is 0 Å². The van der Waals surface area contributed by atoms with E-state index >= 15 is 0 Å². The number of carbonyl (C=O) groups excluding carboxylic acids is 1. The molecule has 0 saturated heterocycles. The van der Waals surface area contributed by atoms with Crippen molar-refractivity contribution in [1.82, 2.24) is 9.80 Å². The van der Waals surface area contributed by atoms with Crippen LogP contribution in [0.1, 0.15) is 24.3 Å². The van der Waals surface area contributed by atoms with Crippen molar-refractivity contribution in [3.63, 3.8) is 0 Å². The van der Waals surface area contributed by atoms with Crippen molar-refractivity contribution in [2.75, 3.05) is 19.6 Å². The van der Waals surface area contributed by atoms with Gasteiger partial charge in [0.05, 0.1) is 5.92 Å². The second-order valence-corrected chi connectivity index (χ2v) is 6.10. The third kappa shape index (κ3) is 3.12. The molecule has 0 aromatic carbocycles. The van der Waals surface area contributed by atoms with Gasteiger partial charge in [-0.25, -0.2) is 4.79 Å². The Hall–Kier alpha value is -1.56. The van der Waals surface area contributed by atoms with E-state index in [4.69, 9.17) is 5.11 Å². The largest absolute Gasteiger partial charge is 0.481 e. The van der Waals surface area contributed by atoms with E-state index in [9.17, 15) is 9.59 Å². The molecule has 1 unspecified atom stereocenters. The first-order valence-electron chi connectivity index (χ1n) is 6.84. The van der Waals surface area contributed by atoms with E-state index in [0.717, 1.165) is 6.42 Å². The average molecular weight is 296 g/mol. The topological polar surface area (TPSA) is 60.9 Å². The molecule has 1 aromatic rings. The van der Waals surface area contributed by atoms with Crippen LogP contribution < -0.4 is 0 Å². The number of carbonyl (C=O) groups is 2. The van der Waals surface area contributed by atoms with E-state index in [1.807, 2.05) is 11.8 Å². The van der Waals surface area contributed by atoms with Crippen LogP contribution in [-0.2, 0) is 17.8 Å². The predicted molar refractivity (Wildman–Crippen MR) is 77.9 cm³/mol. The van der Waals surface area contributed by atoms with Crippen LogP contribution in [-0.4, -0.2) is 46.5 Å². The highest BCUT2D eigenvalue weighted by Crippen LogP contribution is 2.24. The van der Waals surface area contributed by atoms with Crippen LogP contribution in [0.25, 0.3) is 0 Å². The number of hydrogen-bond donors (Lipinski definition) is 1. The van der Waals surface area contributed by atoms with Crippen LogP contribution in [0.5, 0.6) is 0 Å². The predicted octanol–water partition coefficient (Wildman–Crippen LogP) is 2.27. The molecule has 1 N–H and O–H groups in total. The van der Waals surface area contributed by atoms with Gasteiger partial charge in [0.2, 0.25) is 0 Å². The molecule has 0 radical (unpaired) electrons. The van der Waals surface area contributed by atoms with E-state index in [1.165, 1.54) is 10.4 Å². The lowest BCUT2D eigenvalue weighted by Gasteiger charge is -2.33. The molecule has 110 valence electrons. The van der Waals surface area contributed by atoms with Crippen LogP contribution in [0.2, 0.25) is 0 Å². The fourth-order valence-electron chi connectivity index (χ4n) is 2.36. The number of rotatable bonds is 4. The van der Waals surface area contributed by atoms with Crippen molar-refractivity contribution < 1.29 is 14.7 Å². The molecule has 6 heteroatoms. The summed E-state index contributed by atoms with van der Waals surface area (Å²) in [6.45, 7) is 5.65. The second-order valence-electron chi connectivity index (χ2n) is 5.10. The minimum Gasteiger partial charge on any atom is -0.481 e. The summed E-state index contributed by atoms with van der Waals surface area (Å²) in [6, 6.07) is 2.01. The summed E-state index contributed by atoms with van der Waals surface area (Å²) in [6.07, 6.45) is 0.894. The van der Waals surface area contributed by atoms with Gasteiger partial charge in [-0.15, -0.1) is 11.3 Å². The summed E-state index contributed by atoms with van der Waals surface area (Å²) in [5.74, 6) is -1.41. The van der Waals surface area contributed by atoms with Crippen LogP contribution >= 0.6 is 11.3 Å². The number of amides is 2. The standard InChI is InChI=1S/C14H20N2O3S/c1-3-15(8-10(2)13(17)18)14(19)16-6-4-12-11(9-16)5-7-20-12/h5,7,10H,3-4,6,8-9H2,1-2H3,(H,17,18). The molecule has 1 aliphatic rings. The van der Waals surface area contributed by atoms with Crippen LogP contribution in [0, 0.1) is 5.92 Å². The Morgan fingerprint density at radius 1 is 1.55 bits per heavy atom. The zero-order valence-corrected chi connectivity index (χ0v) is 12.7. The van der Waals surface area contributed by atoms with Crippen LogP contribution in [0.4, 0.5) is 4.79 Å². The highest BCUT2D eigenvalue weighted by atomic mass is 32.1. The number of hydrogen-bond acceptors (Lipinski definition) is 3. The molecule has 0 spiro atoms. The van der Waals surface area contributed by atoms with Gasteiger partial charge in [-0.1, -0.05) is 6.92 Å². The molecule has 0 saturated carbocycles. The number of nitrogens with zero attached hydrogens (tertiary/aromatic N) is 2. The Bertz CT molecular complexity index is 500. The molecule has 2 rings (SSSR count). The molecule has 2 heterocycles. The summed E-state index contributed by atoms with van der Waals surface area (Å²) in [5.41, 5.74) is 1.22. The molecular formula is C14H20N2O3S. The molecular weight excluding hydrogens is 276 g/mol. The van der Waals surface area contributed by atoms with Gasteiger partial charge in [0, 0.05) is 31.1 Å². The third-order valence-electron chi connectivity index (χ3n) is 3.65. The zero-order chi connectivity index (χ0) is 14.7. The maximum atomic E-state index is 12.5. The first kappa shape index (κ1) is 14.8. The summed E-state index contributed by atoms with van der Waals surface area (Å²) >= 11 is 1.74. The molecule has 0 aliphatic carbocycles. The highest BCUT2D eigenvalue weighted by Gasteiger charge is 2.26. The van der Waals surface area contributed by atoms with Crippen molar-refractivity contribution in [2.45, 2.75) is 26.8 Å². The van der Waals surface area contributed by atoms with Gasteiger partial charge in [0.25, 0.3) is 0 Å². The molecule has 1 atom stereocenters. The quantitative estimate of drug-likeness (QED) is 0.927. The number of urea groups is 1. The van der Waals surface area contributed by atoms with Gasteiger partial charge in [0.1, 0.15) is 0 Å². The first-order chi connectivity index (χ1) is 9.52. The summed E-state index contributed by atoms with van der Waals surface area (Å²) in [7, 11) is 0. The van der Waals surface area contributed by atoms with E-state index in [-0.39, 0.29) is 12.6 Å². The lowest BCUT2D eigenvalue weighted by Crippen LogP contribution is -2.47. The van der Waals surface area contributed by atoms with Crippen LogP contribution in [0.3, 0.4) is 0 Å². The Morgan fingerprint density at radius 2 is 2.30 bits per heavy atom. The second kappa shape index (κ2) is 6.26. The molecule has 1 aromatic heterocycles. The Labute approximate surface area is 122 Å². The lowest BCUT2D eigenvalue weighted by molar-refractivity contribution is -0.141. The van der Waals surface area contributed by atoms with Gasteiger partial charge in [-0.3, -0.25) is 4.79 Å². The van der Waals surface area contributed by atoms with Gasteiger partial charge < -0.3 is 14.9 Å². The normalized spacial score (nSPS) is 15.6. The van der Waals surface area contributed by atoms with Crippen molar-refractivity contribution in [1.29, 1.82) is 0 Å². The number of aliphatic carboxylic acids is 1. The van der Waals surface area contributed by atoms with E-state index in [0.29, 0.717) is 19.6 Å². The zero-order valence-electron chi connectivity index (χ0n) is 11.8. The molecule has 0 fully saturated rings. The number of carboxylic acid groups (broad SMARTS) is 1. The highest BCUT2D eigenvalue weighted by molar-refractivity contribution is 7.10. The van der Waals surface area contributed by atoms with Gasteiger partial charge in [0.15, 0.2) is 0 Å². The molecule has 1 aliphatic heterocycles. The Kier molecular flexibility index (Phi) is 4.65. The molecule has 2 amide bonds. The average Bonchev–Trinajstić information content (AvgIpc) is 2.90. The molecule has 20 heavy (non-hydrogen) atoms. The van der Waals surface area contributed by atoms with Gasteiger partial charge >= 0.3 is 12.0 Å². The monoisotopic (exact) mass is 296 g/mol. The van der Waals surface area contributed by atoms with E-state index in [2.05, 4.69) is 11.4 Å². The SMILES string of the molecule is CCN(CC(C)C(=O)O)C(=O)N1CCc2sccc2C1. The van der Waals surface area contributed by atoms with Gasteiger partial charge in [-0.05, 0) is 30.4 Å². The smallest absolute Gasteiger partial charge is 0.320 e. The molecule has 0 bridgehead atoms. The number of carboxylic acids is 1. The Balaban J connectivity index is 2.01. The number of fused-ring (bicyclic) bond motifs is 1. The summed E-state index contributed by atoms with van der Waals surface area (Å²) < 4.78 is 0. The fourth-order valence-corrected chi connectivity index (χ4v) is 3.25. The Morgan fingerprint density at radius 3 is 2.95 bits per heavy atom. The third-order valence-corrected chi connectivity index (χ3v) is 4.67. The minimum atomic E-state index is -0.866. The van der Waals surface area contributed by atoms with Gasteiger partial charge in [-0.2, -0.15) is 0 Å². The van der Waals surface area contributed by atoms with Crippen LogP contribution in [0.15, 0.2) is 11.4 Å². The first-order valence-corrected chi connectivity index (χ1v) is 7.72. The summed E-state index contributed by atoms with van der Waals surface area (Å²) in [4.78, 5) is 28.2. The van der Waals surface area contributed by atoms with Crippen molar-refractivity contribution >= 4 is 23.3 Å². The maximum absolute atomic E-state index is 12.5. The summed E-state index contributed by atoms with van der Waals surface area (Å²) in [5, 5.41) is 11.0. The lowest BCUT2D eigenvalue weighted by atomic mass is 10.1. The van der Waals surface area contributed by atoms with E-state index < -0.39 is 11.9 Å². The fraction of sp³-hybridized carbons (Fsp3) is 0.571.